The number of rotatable bonds is 6. The lowest BCUT2D eigenvalue weighted by Crippen LogP contribution is -2.59. The molecule has 0 aromatic carbocycles. The van der Waals surface area contributed by atoms with Crippen LogP contribution in [0.3, 0.4) is 0 Å². The molecule has 1 rings (SSSR count). The van der Waals surface area contributed by atoms with Crippen molar-refractivity contribution in [2.24, 2.45) is 5.73 Å². The minimum absolute atomic E-state index is 0.147. The SMILES string of the molecule is COC1CCCC(CN)(N(C)C(C)CSC)C1. The van der Waals surface area contributed by atoms with Gasteiger partial charge in [-0.05, 0) is 45.9 Å². The summed E-state index contributed by atoms with van der Waals surface area (Å²) < 4.78 is 5.55. The van der Waals surface area contributed by atoms with E-state index in [0.717, 1.165) is 18.7 Å². The molecule has 0 radical (unpaired) electrons. The number of hydrogen-bond acceptors (Lipinski definition) is 4. The van der Waals surface area contributed by atoms with Gasteiger partial charge in [0, 0.05) is 31.0 Å². The van der Waals surface area contributed by atoms with Gasteiger partial charge in [-0.2, -0.15) is 11.8 Å². The van der Waals surface area contributed by atoms with Gasteiger partial charge in [0.15, 0.2) is 0 Å². The number of nitrogens with two attached hydrogens (primary N) is 1. The Hall–Kier alpha value is 0.230. The Kier molecular flexibility index (Phi) is 6.27. The van der Waals surface area contributed by atoms with Crippen LogP contribution in [0.4, 0.5) is 0 Å². The van der Waals surface area contributed by atoms with Gasteiger partial charge in [-0.25, -0.2) is 0 Å². The molecular weight excluding hydrogens is 232 g/mol. The van der Waals surface area contributed by atoms with Crippen molar-refractivity contribution >= 4 is 11.8 Å². The predicted octanol–water partition coefficient (Wildman–Crippen LogP) is 1.96. The molecule has 1 aliphatic carbocycles. The molecule has 3 nitrogen and oxygen atoms in total. The normalized spacial score (nSPS) is 31.8. The van der Waals surface area contributed by atoms with E-state index in [0.29, 0.717) is 12.1 Å². The van der Waals surface area contributed by atoms with Crippen molar-refractivity contribution in [3.63, 3.8) is 0 Å². The van der Waals surface area contributed by atoms with Crippen LogP contribution in [0.1, 0.15) is 32.6 Å². The highest BCUT2D eigenvalue weighted by Crippen LogP contribution is 2.34. The predicted molar refractivity (Wildman–Crippen MR) is 76.7 cm³/mol. The summed E-state index contributed by atoms with van der Waals surface area (Å²) in [6, 6.07) is 0.573. The molecule has 17 heavy (non-hydrogen) atoms. The number of likely N-dealkylation sites (N-methyl/N-ethyl adjacent to an activating group) is 1. The molecule has 0 saturated heterocycles. The van der Waals surface area contributed by atoms with Crippen molar-refractivity contribution in [2.75, 3.05) is 32.7 Å². The van der Waals surface area contributed by atoms with E-state index in [1.165, 1.54) is 19.3 Å². The first-order chi connectivity index (χ1) is 8.09. The molecule has 0 aromatic heterocycles. The Morgan fingerprint density at radius 3 is 2.82 bits per heavy atom. The molecular formula is C13H28N2OS. The van der Waals surface area contributed by atoms with Gasteiger partial charge in [-0.1, -0.05) is 0 Å². The van der Waals surface area contributed by atoms with E-state index in [1.807, 2.05) is 18.9 Å². The fourth-order valence-corrected chi connectivity index (χ4v) is 3.66. The maximum Gasteiger partial charge on any atom is 0.0589 e. The van der Waals surface area contributed by atoms with Crippen molar-refractivity contribution in [3.05, 3.63) is 0 Å². The topological polar surface area (TPSA) is 38.5 Å². The van der Waals surface area contributed by atoms with Crippen LogP contribution in [0.2, 0.25) is 0 Å². The zero-order chi connectivity index (χ0) is 12.9. The van der Waals surface area contributed by atoms with E-state index in [4.69, 9.17) is 10.5 Å². The third-order valence-electron chi connectivity index (χ3n) is 4.31. The summed E-state index contributed by atoms with van der Waals surface area (Å²) >= 11 is 1.90. The molecule has 0 amide bonds. The molecule has 1 fully saturated rings. The Balaban J connectivity index is 2.72. The molecule has 3 atom stereocenters. The lowest BCUT2D eigenvalue weighted by molar-refractivity contribution is -0.0219. The van der Waals surface area contributed by atoms with E-state index in [9.17, 15) is 0 Å². The Labute approximate surface area is 110 Å². The number of nitrogens with zero attached hydrogens (tertiary/aromatic N) is 1. The lowest BCUT2D eigenvalue weighted by Gasteiger charge is -2.48. The highest BCUT2D eigenvalue weighted by Gasteiger charge is 2.40. The second-order valence-electron chi connectivity index (χ2n) is 5.30. The van der Waals surface area contributed by atoms with Crippen molar-refractivity contribution in [1.29, 1.82) is 0 Å². The number of hydrogen-bond donors (Lipinski definition) is 1. The highest BCUT2D eigenvalue weighted by molar-refractivity contribution is 7.98. The van der Waals surface area contributed by atoms with Crippen LogP contribution < -0.4 is 5.73 Å². The van der Waals surface area contributed by atoms with Crippen molar-refractivity contribution in [2.45, 2.75) is 50.3 Å². The van der Waals surface area contributed by atoms with Gasteiger partial charge in [0.2, 0.25) is 0 Å². The first-order valence-electron chi connectivity index (χ1n) is 6.54. The summed E-state index contributed by atoms with van der Waals surface area (Å²) in [6.45, 7) is 3.03. The summed E-state index contributed by atoms with van der Waals surface area (Å²) in [7, 11) is 4.05. The maximum absolute atomic E-state index is 6.09. The molecule has 0 aromatic rings. The third kappa shape index (κ3) is 3.60. The zero-order valence-electron chi connectivity index (χ0n) is 11.7. The second-order valence-corrected chi connectivity index (χ2v) is 6.21. The largest absolute Gasteiger partial charge is 0.381 e. The van der Waals surface area contributed by atoms with Crippen molar-refractivity contribution < 1.29 is 4.74 Å². The summed E-state index contributed by atoms with van der Waals surface area (Å²) in [5, 5.41) is 0. The summed E-state index contributed by atoms with van der Waals surface area (Å²) in [4.78, 5) is 2.49. The minimum Gasteiger partial charge on any atom is -0.381 e. The van der Waals surface area contributed by atoms with Crippen LogP contribution in [0.5, 0.6) is 0 Å². The lowest BCUT2D eigenvalue weighted by atomic mass is 9.78. The molecule has 0 spiro atoms. The minimum atomic E-state index is 0.147. The molecule has 102 valence electrons. The van der Waals surface area contributed by atoms with Crippen LogP contribution in [0.15, 0.2) is 0 Å². The first-order valence-corrected chi connectivity index (χ1v) is 7.93. The van der Waals surface area contributed by atoms with Crippen LogP contribution in [-0.2, 0) is 4.74 Å². The summed E-state index contributed by atoms with van der Waals surface area (Å²) in [6.07, 6.45) is 7.25. The van der Waals surface area contributed by atoms with Crippen LogP contribution in [-0.4, -0.2) is 55.3 Å². The average Bonchev–Trinajstić information content (AvgIpc) is 2.38. The van der Waals surface area contributed by atoms with E-state index in [2.05, 4.69) is 25.1 Å². The van der Waals surface area contributed by atoms with Gasteiger partial charge >= 0.3 is 0 Å². The van der Waals surface area contributed by atoms with E-state index in [1.54, 1.807) is 0 Å². The van der Waals surface area contributed by atoms with Gasteiger partial charge in [0.05, 0.1) is 6.10 Å². The monoisotopic (exact) mass is 260 g/mol. The van der Waals surface area contributed by atoms with Crippen LogP contribution >= 0.6 is 11.8 Å². The zero-order valence-corrected chi connectivity index (χ0v) is 12.6. The van der Waals surface area contributed by atoms with Crippen molar-refractivity contribution in [3.8, 4) is 0 Å². The average molecular weight is 260 g/mol. The van der Waals surface area contributed by atoms with Gasteiger partial charge in [-0.15, -0.1) is 0 Å². The molecule has 0 bridgehead atoms. The molecule has 0 heterocycles. The Bertz CT molecular complexity index is 227. The summed E-state index contributed by atoms with van der Waals surface area (Å²) in [5.41, 5.74) is 6.23. The van der Waals surface area contributed by atoms with Gasteiger partial charge in [0.25, 0.3) is 0 Å². The number of methoxy groups -OCH3 is 1. The molecule has 3 unspecified atom stereocenters. The molecule has 0 aliphatic heterocycles. The smallest absolute Gasteiger partial charge is 0.0589 e. The van der Waals surface area contributed by atoms with E-state index in [-0.39, 0.29) is 5.54 Å². The Morgan fingerprint density at radius 2 is 2.29 bits per heavy atom. The van der Waals surface area contributed by atoms with Crippen LogP contribution in [0, 0.1) is 0 Å². The van der Waals surface area contributed by atoms with Crippen LogP contribution in [0.25, 0.3) is 0 Å². The fraction of sp³-hybridized carbons (Fsp3) is 1.00. The second kappa shape index (κ2) is 6.98. The van der Waals surface area contributed by atoms with E-state index < -0.39 is 0 Å². The number of thioether (sulfide) groups is 1. The fourth-order valence-electron chi connectivity index (χ4n) is 2.96. The van der Waals surface area contributed by atoms with Gasteiger partial charge in [-0.3, -0.25) is 4.90 Å². The third-order valence-corrected chi connectivity index (χ3v) is 5.12. The Morgan fingerprint density at radius 1 is 1.59 bits per heavy atom. The standard InChI is InChI=1S/C13H28N2OS/c1-11(9-17-4)15(2)13(10-14)7-5-6-12(8-13)16-3/h11-12H,5-10,14H2,1-4H3. The molecule has 2 N–H and O–H groups in total. The van der Waals surface area contributed by atoms with E-state index >= 15 is 0 Å². The first kappa shape index (κ1) is 15.3. The van der Waals surface area contributed by atoms with Gasteiger partial charge < -0.3 is 10.5 Å². The maximum atomic E-state index is 6.09. The molecule has 1 aliphatic rings. The van der Waals surface area contributed by atoms with Crippen molar-refractivity contribution in [1.82, 2.24) is 4.90 Å². The highest BCUT2D eigenvalue weighted by atomic mass is 32.2. The summed E-state index contributed by atoms with van der Waals surface area (Å²) in [5.74, 6) is 1.16. The molecule has 1 saturated carbocycles. The van der Waals surface area contributed by atoms with Gasteiger partial charge in [0.1, 0.15) is 0 Å². The molecule has 4 heteroatoms. The quantitative estimate of drug-likeness (QED) is 0.792. The number of ether oxygens (including phenoxy) is 1.